The van der Waals surface area contributed by atoms with Crippen LogP contribution < -0.4 is 16.0 Å². The predicted octanol–water partition coefficient (Wildman–Crippen LogP) is 3.16. The molecule has 2 aromatic carbocycles. The number of rotatable bonds is 13. The van der Waals surface area contributed by atoms with E-state index in [9.17, 15) is 19.2 Å². The fourth-order valence-electron chi connectivity index (χ4n) is 5.32. The molecule has 0 bridgehead atoms. The molecule has 5 N–H and O–H groups in total. The van der Waals surface area contributed by atoms with E-state index in [1.165, 1.54) is 11.3 Å². The second kappa shape index (κ2) is 15.7. The number of Topliss-reactive ketones (excluding diaryl/α,β-unsaturated/α-hetero) is 1. The lowest BCUT2D eigenvalue weighted by molar-refractivity contribution is -0.130. The van der Waals surface area contributed by atoms with Crippen LogP contribution in [0.1, 0.15) is 39.8 Å². The first-order valence-electron chi connectivity index (χ1n) is 15.2. The zero-order valence-electron chi connectivity index (χ0n) is 25.5. The number of thioether (sulfide) groups is 1. The van der Waals surface area contributed by atoms with Crippen LogP contribution >= 0.6 is 23.1 Å². The van der Waals surface area contributed by atoms with E-state index in [2.05, 4.69) is 25.9 Å². The summed E-state index contributed by atoms with van der Waals surface area (Å²) >= 11 is 3.07. The summed E-state index contributed by atoms with van der Waals surface area (Å²) in [7, 11) is 0. The van der Waals surface area contributed by atoms with Crippen LogP contribution in [-0.2, 0) is 27.2 Å². The van der Waals surface area contributed by atoms with Gasteiger partial charge in [0.05, 0.1) is 12.6 Å². The number of hydrogen-bond donors (Lipinski definition) is 5. The molecule has 46 heavy (non-hydrogen) atoms. The molecule has 3 heterocycles. The number of H-pyrrole nitrogens is 1. The molecule has 1 aliphatic heterocycles. The Morgan fingerprint density at radius 3 is 2.54 bits per heavy atom. The number of carbonyl (C=O) groups is 4. The highest BCUT2D eigenvalue weighted by atomic mass is 32.2. The maximum atomic E-state index is 13.4. The number of nitrogens with one attached hydrogen (secondary N) is 5. The minimum Gasteiger partial charge on any atom is -0.361 e. The molecule has 0 saturated carbocycles. The number of benzene rings is 2. The number of hydrogen-bond acceptors (Lipinski definition) is 8. The highest BCUT2D eigenvalue weighted by Gasteiger charge is 2.27. The summed E-state index contributed by atoms with van der Waals surface area (Å²) < 4.78 is 0. The van der Waals surface area contributed by atoms with Crippen molar-refractivity contribution in [2.24, 2.45) is 0 Å². The van der Waals surface area contributed by atoms with E-state index < -0.39 is 23.9 Å². The van der Waals surface area contributed by atoms with Crippen molar-refractivity contribution >= 4 is 63.3 Å². The van der Waals surface area contributed by atoms with Gasteiger partial charge in [0.15, 0.2) is 5.01 Å². The fraction of sp³-hybridized carbons (Fsp3) is 0.333. The third-order valence-corrected chi connectivity index (χ3v) is 9.49. The van der Waals surface area contributed by atoms with Crippen molar-refractivity contribution in [3.05, 3.63) is 88.0 Å². The van der Waals surface area contributed by atoms with Crippen LogP contribution in [0.5, 0.6) is 0 Å². The van der Waals surface area contributed by atoms with E-state index in [0.29, 0.717) is 5.84 Å². The number of para-hydroxylation sites is 1. The Kier molecular flexibility index (Phi) is 11.2. The first-order valence-corrected chi connectivity index (χ1v) is 17.2. The lowest BCUT2D eigenvalue weighted by Gasteiger charge is -2.29. The van der Waals surface area contributed by atoms with Crippen molar-refractivity contribution in [1.29, 1.82) is 5.41 Å². The quantitative estimate of drug-likeness (QED) is 0.0838. The van der Waals surface area contributed by atoms with Gasteiger partial charge in [-0.2, -0.15) is 11.8 Å². The van der Waals surface area contributed by atoms with Crippen LogP contribution in [0.4, 0.5) is 0 Å². The Bertz CT molecular complexity index is 1700. The lowest BCUT2D eigenvalue weighted by Crippen LogP contribution is -2.51. The Morgan fingerprint density at radius 1 is 1.00 bits per heavy atom. The number of thiazole rings is 1. The molecule has 1 saturated heterocycles. The lowest BCUT2D eigenvalue weighted by atomic mass is 10.0. The molecular weight excluding hydrogens is 623 g/mol. The third kappa shape index (κ3) is 8.40. The molecule has 4 aromatic rings. The van der Waals surface area contributed by atoms with Crippen LogP contribution in [0.2, 0.25) is 0 Å². The van der Waals surface area contributed by atoms with Gasteiger partial charge in [0, 0.05) is 78.1 Å². The van der Waals surface area contributed by atoms with E-state index in [1.807, 2.05) is 71.4 Å². The Labute approximate surface area is 275 Å². The van der Waals surface area contributed by atoms with E-state index in [0.717, 1.165) is 52.2 Å². The summed E-state index contributed by atoms with van der Waals surface area (Å²) in [5, 5.41) is 19.8. The summed E-state index contributed by atoms with van der Waals surface area (Å²) in [5.74, 6) is 0.706. The molecule has 240 valence electrons. The molecule has 11 nitrogen and oxygen atoms in total. The maximum Gasteiger partial charge on any atom is 0.243 e. The molecule has 13 heteroatoms. The summed E-state index contributed by atoms with van der Waals surface area (Å²) in [6.45, 7) is 2.94. The summed E-state index contributed by atoms with van der Waals surface area (Å²) in [6.07, 6.45) is 3.97. The Morgan fingerprint density at radius 2 is 1.78 bits per heavy atom. The second-order valence-corrected chi connectivity index (χ2v) is 13.0. The van der Waals surface area contributed by atoms with Gasteiger partial charge in [0.2, 0.25) is 23.5 Å². The third-order valence-electron chi connectivity index (χ3n) is 7.76. The van der Waals surface area contributed by atoms with Gasteiger partial charge in [0.1, 0.15) is 11.9 Å². The molecule has 1 fully saturated rings. The number of amidine groups is 1. The smallest absolute Gasteiger partial charge is 0.243 e. The van der Waals surface area contributed by atoms with Crippen molar-refractivity contribution in [3.63, 3.8) is 0 Å². The van der Waals surface area contributed by atoms with Crippen LogP contribution in [-0.4, -0.2) is 87.4 Å². The largest absolute Gasteiger partial charge is 0.361 e. The molecule has 3 amide bonds. The van der Waals surface area contributed by atoms with Gasteiger partial charge in [-0.05, 0) is 23.3 Å². The van der Waals surface area contributed by atoms with E-state index in [4.69, 9.17) is 5.41 Å². The molecule has 2 unspecified atom stereocenters. The van der Waals surface area contributed by atoms with Crippen molar-refractivity contribution in [3.8, 4) is 0 Å². The predicted molar refractivity (Wildman–Crippen MR) is 181 cm³/mol. The molecule has 2 aromatic heterocycles. The maximum absolute atomic E-state index is 13.4. The summed E-state index contributed by atoms with van der Waals surface area (Å²) in [6, 6.07) is 13.3. The van der Waals surface area contributed by atoms with E-state index in [1.54, 1.807) is 18.5 Å². The van der Waals surface area contributed by atoms with Gasteiger partial charge in [-0.25, -0.2) is 4.98 Å². The summed E-state index contributed by atoms with van der Waals surface area (Å²) in [5.41, 5.74) is 3.31. The Hall–Kier alpha value is -4.49. The standard InChI is InChI=1S/C33H37N7O4S2/c1-2-28(41)39-27(17-21-6-5-7-22(16-21)31(34)40-11-14-45-15-12-40)32(44)37-20-29(42)38-26(30(43)33-35-10-13-46-33)18-23-19-36-25-9-4-3-8-24(23)25/h3-10,13,16,19,26-27,34,36H,2,11-12,14-15,17-18,20H2,1H3,(H,37,44)(H,38,42)(H,39,41). The molecule has 0 spiro atoms. The number of fused-ring (bicyclic) bond motifs is 1. The Balaban J connectivity index is 1.24. The topological polar surface area (TPSA) is 160 Å². The normalized spacial score (nSPS) is 14.3. The van der Waals surface area contributed by atoms with Gasteiger partial charge < -0.3 is 25.8 Å². The average molecular weight is 660 g/mol. The van der Waals surface area contributed by atoms with Crippen LogP contribution in [0.3, 0.4) is 0 Å². The minimum atomic E-state index is -0.935. The zero-order chi connectivity index (χ0) is 32.5. The number of nitrogens with zero attached hydrogens (tertiary/aromatic N) is 2. The summed E-state index contributed by atoms with van der Waals surface area (Å²) in [4.78, 5) is 61.6. The zero-order valence-corrected chi connectivity index (χ0v) is 27.1. The van der Waals surface area contributed by atoms with Crippen molar-refractivity contribution in [1.82, 2.24) is 30.8 Å². The molecule has 1 aliphatic rings. The minimum absolute atomic E-state index is 0.182. The average Bonchev–Trinajstić information content (AvgIpc) is 3.77. The van der Waals surface area contributed by atoms with Gasteiger partial charge in [-0.15, -0.1) is 11.3 Å². The van der Waals surface area contributed by atoms with Crippen LogP contribution in [0, 0.1) is 5.41 Å². The second-order valence-electron chi connectivity index (χ2n) is 10.9. The van der Waals surface area contributed by atoms with Gasteiger partial charge in [-0.3, -0.25) is 24.6 Å². The molecule has 5 rings (SSSR count). The van der Waals surface area contributed by atoms with E-state index in [-0.39, 0.29) is 42.5 Å². The molecule has 2 atom stereocenters. The number of amides is 3. The molecule has 0 aliphatic carbocycles. The van der Waals surface area contributed by atoms with Crippen LogP contribution in [0.15, 0.2) is 66.3 Å². The first kappa shape index (κ1) is 32.9. The molecular formula is C33H37N7O4S2. The number of carbonyl (C=O) groups excluding carboxylic acids is 4. The first-order chi connectivity index (χ1) is 22.3. The van der Waals surface area contributed by atoms with Gasteiger partial charge >= 0.3 is 0 Å². The van der Waals surface area contributed by atoms with Crippen molar-refractivity contribution < 1.29 is 19.2 Å². The van der Waals surface area contributed by atoms with Crippen molar-refractivity contribution in [2.75, 3.05) is 31.1 Å². The highest BCUT2D eigenvalue weighted by molar-refractivity contribution is 7.99. The van der Waals surface area contributed by atoms with Crippen LogP contribution in [0.25, 0.3) is 10.9 Å². The fourth-order valence-corrected chi connectivity index (χ4v) is 6.85. The highest BCUT2D eigenvalue weighted by Crippen LogP contribution is 2.21. The van der Waals surface area contributed by atoms with Gasteiger partial charge in [0.25, 0.3) is 0 Å². The number of aromatic amines is 1. The number of aromatic nitrogens is 2. The van der Waals surface area contributed by atoms with E-state index >= 15 is 0 Å². The SMILES string of the molecule is CCC(=O)NC(Cc1cccc(C(=N)N2CCSCC2)c1)C(=O)NCC(=O)NC(Cc1c[nH]c2ccccc12)C(=O)c1nccs1. The monoisotopic (exact) mass is 659 g/mol. The van der Waals surface area contributed by atoms with Gasteiger partial charge in [-0.1, -0.05) is 43.3 Å². The molecule has 0 radical (unpaired) electrons. The van der Waals surface area contributed by atoms with Crippen molar-refractivity contribution in [2.45, 2.75) is 38.3 Å². The number of ketones is 1.